The van der Waals surface area contributed by atoms with Crippen molar-refractivity contribution in [2.75, 3.05) is 10.9 Å². The molecule has 3 aromatic rings. The molecule has 1 fully saturated rings. The molecule has 0 radical (unpaired) electrons. The molecule has 190 valence electrons. The monoisotopic (exact) mass is 506 g/mol. The molecule has 6 nitrogen and oxygen atoms in total. The topological polar surface area (TPSA) is 75.7 Å². The minimum Gasteiger partial charge on any atom is -0.484 e. The maximum atomic E-state index is 13.6. The van der Waals surface area contributed by atoms with Crippen LogP contribution >= 0.6 is 0 Å². The molecule has 1 aliphatic rings. The van der Waals surface area contributed by atoms with E-state index in [0.717, 1.165) is 36.8 Å². The van der Waals surface area contributed by atoms with Gasteiger partial charge in [-0.05, 0) is 61.7 Å². The van der Waals surface area contributed by atoms with Crippen LogP contribution in [0.25, 0.3) is 0 Å². The third-order valence-corrected chi connectivity index (χ3v) is 8.28. The Morgan fingerprint density at radius 3 is 2.17 bits per heavy atom. The Morgan fingerprint density at radius 2 is 1.53 bits per heavy atom. The lowest BCUT2D eigenvalue weighted by atomic mass is 10.1. The number of aryl methyl sites for hydroxylation is 1. The van der Waals surface area contributed by atoms with Crippen LogP contribution in [0.3, 0.4) is 0 Å². The summed E-state index contributed by atoms with van der Waals surface area (Å²) in [6, 6.07) is 23.4. The van der Waals surface area contributed by atoms with Crippen molar-refractivity contribution < 1.29 is 17.9 Å². The quantitative estimate of drug-likeness (QED) is 0.383. The minimum atomic E-state index is -3.80. The maximum absolute atomic E-state index is 13.6. The second kappa shape index (κ2) is 12.1. The van der Waals surface area contributed by atoms with E-state index < -0.39 is 10.0 Å². The summed E-state index contributed by atoms with van der Waals surface area (Å²) in [5.41, 5.74) is 2.39. The van der Waals surface area contributed by atoms with Crippen LogP contribution in [0.1, 0.15) is 49.7 Å². The van der Waals surface area contributed by atoms with E-state index in [0.29, 0.717) is 11.4 Å². The molecule has 0 aliphatic heterocycles. The molecule has 0 spiro atoms. The molecule has 0 unspecified atom stereocenters. The highest BCUT2D eigenvalue weighted by atomic mass is 32.2. The average molecular weight is 507 g/mol. The largest absolute Gasteiger partial charge is 0.484 e. The van der Waals surface area contributed by atoms with Gasteiger partial charge in [0.05, 0.1) is 17.1 Å². The van der Waals surface area contributed by atoms with E-state index in [-0.39, 0.29) is 30.0 Å². The van der Waals surface area contributed by atoms with Crippen molar-refractivity contribution in [3.8, 4) is 5.75 Å². The van der Waals surface area contributed by atoms with Crippen LogP contribution in [0, 0.1) is 6.92 Å². The number of hydrogen-bond donors (Lipinski definition) is 1. The molecule has 0 saturated heterocycles. The van der Waals surface area contributed by atoms with Crippen molar-refractivity contribution in [1.29, 1.82) is 0 Å². The molecule has 0 bridgehead atoms. The summed E-state index contributed by atoms with van der Waals surface area (Å²) in [6.07, 6.45) is 6.81. The van der Waals surface area contributed by atoms with Gasteiger partial charge in [0.2, 0.25) is 0 Å². The van der Waals surface area contributed by atoms with Gasteiger partial charge in [-0.25, -0.2) is 8.42 Å². The van der Waals surface area contributed by atoms with Gasteiger partial charge < -0.3 is 10.1 Å². The molecular formula is C29H34N2O4S. The number of amides is 1. The molecule has 3 aromatic carbocycles. The maximum Gasteiger partial charge on any atom is 0.264 e. The summed E-state index contributed by atoms with van der Waals surface area (Å²) in [4.78, 5) is 12.6. The fourth-order valence-corrected chi connectivity index (χ4v) is 5.91. The summed E-state index contributed by atoms with van der Waals surface area (Å²) in [7, 11) is -3.80. The van der Waals surface area contributed by atoms with Gasteiger partial charge in [0, 0.05) is 6.04 Å². The molecule has 1 aliphatic carbocycles. The van der Waals surface area contributed by atoms with Crippen molar-refractivity contribution in [1.82, 2.24) is 5.32 Å². The van der Waals surface area contributed by atoms with Crippen LogP contribution in [-0.2, 0) is 21.4 Å². The Bertz CT molecular complexity index is 1220. The number of rotatable bonds is 9. The second-order valence-corrected chi connectivity index (χ2v) is 11.2. The zero-order valence-electron chi connectivity index (χ0n) is 20.7. The summed E-state index contributed by atoms with van der Waals surface area (Å²) < 4.78 is 34.3. The molecule has 7 heteroatoms. The minimum absolute atomic E-state index is 0.0642. The zero-order chi connectivity index (χ0) is 25.4. The van der Waals surface area contributed by atoms with Gasteiger partial charge in [-0.3, -0.25) is 9.10 Å². The van der Waals surface area contributed by atoms with E-state index in [1.807, 2.05) is 37.3 Å². The smallest absolute Gasteiger partial charge is 0.264 e. The first-order valence-corrected chi connectivity index (χ1v) is 14.0. The lowest BCUT2D eigenvalue weighted by Gasteiger charge is -2.25. The third-order valence-electron chi connectivity index (χ3n) is 6.49. The van der Waals surface area contributed by atoms with Gasteiger partial charge >= 0.3 is 0 Å². The Hall–Kier alpha value is -3.32. The standard InChI is InChI=1S/C29H34N2O4S/c1-23-13-19-28(20-14-23)36(33,34)31(21-24-9-5-4-6-10-24)26-15-17-27(18-16-26)35-22-29(32)30-25-11-7-2-3-8-12-25/h4-6,9-10,13-20,25H,2-3,7-8,11-12,21-22H2,1H3,(H,30,32). The van der Waals surface area contributed by atoms with Crippen LogP contribution < -0.4 is 14.4 Å². The van der Waals surface area contributed by atoms with Crippen LogP contribution in [-0.4, -0.2) is 27.0 Å². The third kappa shape index (κ3) is 6.88. The number of hydrogen-bond acceptors (Lipinski definition) is 4. The van der Waals surface area contributed by atoms with E-state index in [2.05, 4.69) is 5.32 Å². The van der Waals surface area contributed by atoms with Crippen molar-refractivity contribution in [2.45, 2.75) is 62.9 Å². The van der Waals surface area contributed by atoms with Crippen LogP contribution in [0.15, 0.2) is 83.8 Å². The number of nitrogens with zero attached hydrogens (tertiary/aromatic N) is 1. The Labute approximate surface area is 214 Å². The molecule has 36 heavy (non-hydrogen) atoms. The summed E-state index contributed by atoms with van der Waals surface area (Å²) >= 11 is 0. The summed E-state index contributed by atoms with van der Waals surface area (Å²) in [5.74, 6) is 0.390. The van der Waals surface area contributed by atoms with E-state index >= 15 is 0 Å². The van der Waals surface area contributed by atoms with Gasteiger partial charge in [0.25, 0.3) is 15.9 Å². The Balaban J connectivity index is 1.47. The van der Waals surface area contributed by atoms with Crippen molar-refractivity contribution in [3.63, 3.8) is 0 Å². The van der Waals surface area contributed by atoms with Gasteiger partial charge in [-0.1, -0.05) is 73.7 Å². The van der Waals surface area contributed by atoms with Crippen LogP contribution in [0.4, 0.5) is 5.69 Å². The first-order chi connectivity index (χ1) is 17.4. The zero-order valence-corrected chi connectivity index (χ0v) is 21.5. The highest BCUT2D eigenvalue weighted by molar-refractivity contribution is 7.92. The summed E-state index contributed by atoms with van der Waals surface area (Å²) in [5, 5.41) is 3.08. The number of anilines is 1. The lowest BCUT2D eigenvalue weighted by Crippen LogP contribution is -2.37. The molecular weight excluding hydrogens is 472 g/mol. The van der Waals surface area contributed by atoms with E-state index in [1.165, 1.54) is 17.1 Å². The number of carbonyl (C=O) groups is 1. The number of carbonyl (C=O) groups excluding carboxylic acids is 1. The fourth-order valence-electron chi connectivity index (χ4n) is 4.45. The molecule has 4 rings (SSSR count). The van der Waals surface area contributed by atoms with Gasteiger partial charge in [0.1, 0.15) is 5.75 Å². The predicted octanol–water partition coefficient (Wildman–Crippen LogP) is 5.61. The normalized spacial score (nSPS) is 14.6. The summed E-state index contributed by atoms with van der Waals surface area (Å²) in [6.45, 7) is 2.06. The number of nitrogens with one attached hydrogen (secondary N) is 1. The second-order valence-electron chi connectivity index (χ2n) is 9.35. The van der Waals surface area contributed by atoms with Gasteiger partial charge in [0.15, 0.2) is 6.61 Å². The Morgan fingerprint density at radius 1 is 0.889 bits per heavy atom. The Kier molecular flexibility index (Phi) is 8.65. The first-order valence-electron chi connectivity index (χ1n) is 12.6. The number of benzene rings is 3. The van der Waals surface area contributed by atoms with Crippen LogP contribution in [0.5, 0.6) is 5.75 Å². The lowest BCUT2D eigenvalue weighted by molar-refractivity contribution is -0.123. The highest BCUT2D eigenvalue weighted by Crippen LogP contribution is 2.28. The van der Waals surface area contributed by atoms with Crippen molar-refractivity contribution in [2.24, 2.45) is 0 Å². The number of sulfonamides is 1. The van der Waals surface area contributed by atoms with Crippen molar-refractivity contribution >= 4 is 21.6 Å². The SMILES string of the molecule is Cc1ccc(S(=O)(=O)N(Cc2ccccc2)c2ccc(OCC(=O)NC3CCCCCC3)cc2)cc1. The molecule has 1 amide bonds. The highest BCUT2D eigenvalue weighted by Gasteiger charge is 2.25. The van der Waals surface area contributed by atoms with Gasteiger partial charge in [-0.2, -0.15) is 0 Å². The van der Waals surface area contributed by atoms with Gasteiger partial charge in [-0.15, -0.1) is 0 Å². The number of ether oxygens (including phenoxy) is 1. The molecule has 0 heterocycles. The van der Waals surface area contributed by atoms with Crippen molar-refractivity contribution in [3.05, 3.63) is 90.0 Å². The molecule has 1 saturated carbocycles. The molecule has 0 aromatic heterocycles. The van der Waals surface area contributed by atoms with E-state index in [4.69, 9.17) is 4.74 Å². The molecule has 0 atom stereocenters. The average Bonchev–Trinajstić information content (AvgIpc) is 3.16. The molecule has 1 N–H and O–H groups in total. The predicted molar refractivity (Wildman–Crippen MR) is 143 cm³/mol. The first kappa shape index (κ1) is 25.8. The van der Waals surface area contributed by atoms with Crippen LogP contribution in [0.2, 0.25) is 0 Å². The van der Waals surface area contributed by atoms with E-state index in [1.54, 1.807) is 48.5 Å². The van der Waals surface area contributed by atoms with E-state index in [9.17, 15) is 13.2 Å². The fraction of sp³-hybridized carbons (Fsp3) is 0.345.